The van der Waals surface area contributed by atoms with Crippen LogP contribution < -0.4 is 5.32 Å². The molecule has 1 aromatic heterocycles. The van der Waals surface area contributed by atoms with E-state index in [0.717, 1.165) is 29.6 Å². The molecule has 4 heteroatoms. The summed E-state index contributed by atoms with van der Waals surface area (Å²) in [7, 11) is 0. The number of nitrogens with one attached hydrogen (secondary N) is 1. The van der Waals surface area contributed by atoms with Gasteiger partial charge >= 0.3 is 0 Å². The summed E-state index contributed by atoms with van der Waals surface area (Å²) in [5.41, 5.74) is 2.37. The summed E-state index contributed by atoms with van der Waals surface area (Å²) in [6.07, 6.45) is 3.64. The van der Waals surface area contributed by atoms with E-state index in [2.05, 4.69) is 39.6 Å². The zero-order valence-electron chi connectivity index (χ0n) is 10.5. The lowest BCUT2D eigenvalue weighted by Crippen LogP contribution is -2.00. The average Bonchev–Trinajstić information content (AvgIpc) is 2.42. The second kappa shape index (κ2) is 7.01. The molecular formula is C14H17N3S. The summed E-state index contributed by atoms with van der Waals surface area (Å²) in [6.45, 7) is 2.92. The minimum absolute atomic E-state index is 0.842. The van der Waals surface area contributed by atoms with E-state index in [9.17, 15) is 0 Å². The highest BCUT2D eigenvalue weighted by molar-refractivity contribution is 7.97. The Morgan fingerprint density at radius 2 is 1.89 bits per heavy atom. The molecule has 94 valence electrons. The van der Waals surface area contributed by atoms with Crippen LogP contribution >= 0.6 is 11.8 Å². The number of anilines is 1. The topological polar surface area (TPSA) is 37.8 Å². The minimum Gasteiger partial charge on any atom is -0.369 e. The van der Waals surface area contributed by atoms with Gasteiger partial charge in [0, 0.05) is 18.1 Å². The van der Waals surface area contributed by atoms with Gasteiger partial charge in [-0.2, -0.15) is 11.8 Å². The Morgan fingerprint density at radius 1 is 1.06 bits per heavy atom. The molecule has 0 radical (unpaired) electrons. The summed E-state index contributed by atoms with van der Waals surface area (Å²) >= 11 is 1.86. The van der Waals surface area contributed by atoms with Crippen LogP contribution in [0.4, 0.5) is 5.82 Å². The van der Waals surface area contributed by atoms with Crippen LogP contribution in [0.3, 0.4) is 0 Å². The zero-order chi connectivity index (χ0) is 12.6. The lowest BCUT2D eigenvalue weighted by Gasteiger charge is -2.04. The van der Waals surface area contributed by atoms with E-state index in [0.29, 0.717) is 0 Å². The van der Waals surface area contributed by atoms with Crippen LogP contribution in [0.5, 0.6) is 0 Å². The number of hydrogen-bond donors (Lipinski definition) is 1. The predicted octanol–water partition coefficient (Wildman–Crippen LogP) is 3.34. The molecule has 0 unspecified atom stereocenters. The minimum atomic E-state index is 0.842. The Labute approximate surface area is 112 Å². The lowest BCUT2D eigenvalue weighted by atomic mass is 10.2. The van der Waals surface area contributed by atoms with Crippen molar-refractivity contribution in [2.75, 3.05) is 11.9 Å². The Kier molecular flexibility index (Phi) is 5.02. The lowest BCUT2D eigenvalue weighted by molar-refractivity contribution is 1.07. The molecule has 0 fully saturated rings. The van der Waals surface area contributed by atoms with Crippen LogP contribution in [-0.4, -0.2) is 16.5 Å². The zero-order valence-corrected chi connectivity index (χ0v) is 11.3. The van der Waals surface area contributed by atoms with Crippen molar-refractivity contribution in [1.82, 2.24) is 9.97 Å². The predicted molar refractivity (Wildman–Crippen MR) is 77.6 cm³/mol. The largest absolute Gasteiger partial charge is 0.369 e. The highest BCUT2D eigenvalue weighted by Gasteiger charge is 1.98. The summed E-state index contributed by atoms with van der Waals surface area (Å²) in [4.78, 5) is 8.69. The number of rotatable bonds is 6. The first-order valence-corrected chi connectivity index (χ1v) is 7.20. The van der Waals surface area contributed by atoms with Crippen LogP contribution in [0.25, 0.3) is 0 Å². The third-order valence-electron chi connectivity index (χ3n) is 2.42. The van der Waals surface area contributed by atoms with Crippen molar-refractivity contribution in [2.45, 2.75) is 18.4 Å². The van der Waals surface area contributed by atoms with Gasteiger partial charge in [-0.15, -0.1) is 0 Å². The van der Waals surface area contributed by atoms with Crippen LogP contribution in [0.2, 0.25) is 0 Å². The van der Waals surface area contributed by atoms with Crippen molar-refractivity contribution in [3.63, 3.8) is 0 Å². The molecule has 0 aliphatic heterocycles. The van der Waals surface area contributed by atoms with Crippen molar-refractivity contribution >= 4 is 17.6 Å². The van der Waals surface area contributed by atoms with E-state index < -0.39 is 0 Å². The maximum absolute atomic E-state index is 4.38. The van der Waals surface area contributed by atoms with E-state index in [-0.39, 0.29) is 0 Å². The van der Waals surface area contributed by atoms with Gasteiger partial charge in [0.05, 0.1) is 18.1 Å². The van der Waals surface area contributed by atoms with Crippen LogP contribution in [0.1, 0.15) is 18.2 Å². The van der Waals surface area contributed by atoms with Gasteiger partial charge in [0.2, 0.25) is 0 Å². The SMILES string of the molecule is CCNc1cnc(CSCc2ccccc2)cn1. The first kappa shape index (κ1) is 12.9. The molecule has 3 nitrogen and oxygen atoms in total. The molecule has 1 heterocycles. The number of thioether (sulfide) groups is 1. The Balaban J connectivity index is 1.80. The monoisotopic (exact) mass is 259 g/mol. The number of nitrogens with zero attached hydrogens (tertiary/aromatic N) is 2. The Bertz CT molecular complexity index is 456. The second-order valence-electron chi connectivity index (χ2n) is 3.90. The fourth-order valence-corrected chi connectivity index (χ4v) is 2.44. The molecule has 0 atom stereocenters. The molecule has 0 spiro atoms. The van der Waals surface area contributed by atoms with Crippen LogP contribution in [-0.2, 0) is 11.5 Å². The summed E-state index contributed by atoms with van der Waals surface area (Å²) < 4.78 is 0. The maximum Gasteiger partial charge on any atom is 0.144 e. The Hall–Kier alpha value is -1.55. The molecule has 2 aromatic rings. The summed E-state index contributed by atoms with van der Waals surface area (Å²) in [5.74, 6) is 2.75. The van der Waals surface area contributed by atoms with E-state index in [1.54, 1.807) is 6.20 Å². The van der Waals surface area contributed by atoms with Gasteiger partial charge < -0.3 is 5.32 Å². The normalized spacial score (nSPS) is 10.3. The molecule has 0 saturated heterocycles. The van der Waals surface area contributed by atoms with Gasteiger partial charge in [0.1, 0.15) is 5.82 Å². The maximum atomic E-state index is 4.38. The van der Waals surface area contributed by atoms with E-state index in [4.69, 9.17) is 0 Å². The van der Waals surface area contributed by atoms with Crippen molar-refractivity contribution in [2.24, 2.45) is 0 Å². The molecule has 1 aromatic carbocycles. The standard InChI is InChI=1S/C14H17N3S/c1-2-15-14-9-16-13(8-17-14)11-18-10-12-6-4-3-5-7-12/h3-9H,2,10-11H2,1H3,(H,15,17). The van der Waals surface area contributed by atoms with Crippen LogP contribution in [0.15, 0.2) is 42.7 Å². The van der Waals surface area contributed by atoms with Gasteiger partial charge in [0.25, 0.3) is 0 Å². The fourth-order valence-electron chi connectivity index (χ4n) is 1.55. The molecule has 2 rings (SSSR count). The van der Waals surface area contributed by atoms with E-state index >= 15 is 0 Å². The molecule has 0 amide bonds. The van der Waals surface area contributed by atoms with Crippen molar-refractivity contribution < 1.29 is 0 Å². The van der Waals surface area contributed by atoms with E-state index in [1.807, 2.05) is 30.9 Å². The molecule has 18 heavy (non-hydrogen) atoms. The summed E-state index contributed by atoms with van der Waals surface area (Å²) in [6, 6.07) is 10.5. The fraction of sp³-hybridized carbons (Fsp3) is 0.286. The van der Waals surface area contributed by atoms with Crippen molar-refractivity contribution in [3.8, 4) is 0 Å². The third kappa shape index (κ3) is 4.04. The second-order valence-corrected chi connectivity index (χ2v) is 4.89. The number of aromatic nitrogens is 2. The quantitative estimate of drug-likeness (QED) is 0.863. The highest BCUT2D eigenvalue weighted by Crippen LogP contribution is 2.16. The first-order valence-electron chi connectivity index (χ1n) is 6.05. The molecule has 0 saturated carbocycles. The van der Waals surface area contributed by atoms with Gasteiger partial charge in [0.15, 0.2) is 0 Å². The molecule has 0 aliphatic carbocycles. The summed E-state index contributed by atoms with van der Waals surface area (Å²) in [5, 5.41) is 3.14. The van der Waals surface area contributed by atoms with E-state index in [1.165, 1.54) is 5.56 Å². The van der Waals surface area contributed by atoms with Crippen LogP contribution in [0, 0.1) is 0 Å². The van der Waals surface area contributed by atoms with Gasteiger partial charge in [-0.25, -0.2) is 4.98 Å². The third-order valence-corrected chi connectivity index (χ3v) is 3.46. The number of hydrogen-bond acceptors (Lipinski definition) is 4. The van der Waals surface area contributed by atoms with Gasteiger partial charge in [-0.3, -0.25) is 4.98 Å². The molecule has 0 aliphatic rings. The van der Waals surface area contributed by atoms with Crippen molar-refractivity contribution in [1.29, 1.82) is 0 Å². The highest BCUT2D eigenvalue weighted by atomic mass is 32.2. The molecule has 1 N–H and O–H groups in total. The van der Waals surface area contributed by atoms with Crippen molar-refractivity contribution in [3.05, 3.63) is 54.0 Å². The van der Waals surface area contributed by atoms with Gasteiger partial charge in [-0.1, -0.05) is 30.3 Å². The average molecular weight is 259 g/mol. The first-order chi connectivity index (χ1) is 8.88. The molecular weight excluding hydrogens is 242 g/mol. The number of benzene rings is 1. The van der Waals surface area contributed by atoms with Gasteiger partial charge in [-0.05, 0) is 12.5 Å². The Morgan fingerprint density at radius 3 is 2.56 bits per heavy atom. The molecule has 0 bridgehead atoms. The smallest absolute Gasteiger partial charge is 0.144 e.